The number of thiophene rings is 1. The minimum absolute atomic E-state index is 0.0294. The number of nitrogens with one attached hydrogen (secondary N) is 1. The molecular weight excluding hydrogens is 512 g/mol. The van der Waals surface area contributed by atoms with Crippen LogP contribution in [-0.4, -0.2) is 78.0 Å². The van der Waals surface area contributed by atoms with Crippen molar-refractivity contribution in [2.45, 2.75) is 25.9 Å². The molecule has 3 amide bonds. The smallest absolute Gasteiger partial charge is 0.338 e. The van der Waals surface area contributed by atoms with Crippen molar-refractivity contribution in [1.82, 2.24) is 20.0 Å². The first-order chi connectivity index (χ1) is 17.8. The Kier molecular flexibility index (Phi) is 8.68. The van der Waals surface area contributed by atoms with E-state index in [1.807, 2.05) is 29.3 Å². The fraction of sp³-hybridized carbons (Fsp3) is 0.370. The second-order valence-electron chi connectivity index (χ2n) is 8.97. The van der Waals surface area contributed by atoms with Crippen LogP contribution in [0.25, 0.3) is 0 Å². The zero-order valence-corrected chi connectivity index (χ0v) is 22.6. The van der Waals surface area contributed by atoms with E-state index < -0.39 is 12.0 Å². The fourth-order valence-corrected chi connectivity index (χ4v) is 5.59. The number of carbonyl (C=O) groups is 3. The summed E-state index contributed by atoms with van der Waals surface area (Å²) >= 11 is 7.52. The Labute approximate surface area is 226 Å². The van der Waals surface area contributed by atoms with Gasteiger partial charge in [-0.25, -0.2) is 9.59 Å². The van der Waals surface area contributed by atoms with Crippen molar-refractivity contribution in [3.05, 3.63) is 81.2 Å². The number of amides is 3. The lowest BCUT2D eigenvalue weighted by atomic mass is 9.94. The van der Waals surface area contributed by atoms with Crippen molar-refractivity contribution in [3.63, 3.8) is 0 Å². The van der Waals surface area contributed by atoms with Crippen molar-refractivity contribution >= 4 is 40.8 Å². The number of hydrogen-bond donors (Lipinski definition) is 1. The molecule has 8 nitrogen and oxygen atoms in total. The summed E-state index contributed by atoms with van der Waals surface area (Å²) in [5, 5.41) is 5.42. The number of carbonyl (C=O) groups excluding carboxylic acids is 3. The van der Waals surface area contributed by atoms with E-state index in [1.165, 1.54) is 11.3 Å². The third kappa shape index (κ3) is 5.89. The topological polar surface area (TPSA) is 82.2 Å². The lowest BCUT2D eigenvalue weighted by Gasteiger charge is -2.42. The first kappa shape index (κ1) is 26.9. The molecule has 1 saturated heterocycles. The molecule has 0 radical (unpaired) electrons. The van der Waals surface area contributed by atoms with E-state index in [0.717, 1.165) is 10.4 Å². The summed E-state index contributed by atoms with van der Waals surface area (Å²) in [6, 6.07) is 9.73. The van der Waals surface area contributed by atoms with Crippen LogP contribution in [0.5, 0.6) is 0 Å². The standard InChI is InChI=1S/C27H31ClN4O4S/c1-4-12-32-21(17-30-13-14-31(18(3)16-30)25(33)22-7-6-15-37-22)23(26(34)36-5-2)24(29-27(32)35)19-8-10-20(28)11-9-19/h4,6-11,15,18,24H,1,5,12-14,16-17H2,2-3H3,(H,29,35)/t18-,24+/m0/s1. The highest BCUT2D eigenvalue weighted by Gasteiger charge is 2.39. The second kappa shape index (κ2) is 11.9. The molecule has 1 fully saturated rings. The number of halogens is 1. The maximum atomic E-state index is 13.3. The van der Waals surface area contributed by atoms with Crippen LogP contribution in [0.15, 0.2) is 65.7 Å². The first-order valence-corrected chi connectivity index (χ1v) is 13.5. The number of urea groups is 1. The highest BCUT2D eigenvalue weighted by atomic mass is 35.5. The molecule has 4 rings (SSSR count). The van der Waals surface area contributed by atoms with E-state index in [1.54, 1.807) is 42.2 Å². The molecule has 0 spiro atoms. The Morgan fingerprint density at radius 1 is 1.24 bits per heavy atom. The van der Waals surface area contributed by atoms with Gasteiger partial charge in [0.2, 0.25) is 0 Å². The van der Waals surface area contributed by atoms with E-state index >= 15 is 0 Å². The normalized spacial score (nSPS) is 20.6. The highest BCUT2D eigenvalue weighted by molar-refractivity contribution is 7.12. The first-order valence-electron chi connectivity index (χ1n) is 12.2. The molecule has 196 valence electrons. The Bertz CT molecular complexity index is 1180. The van der Waals surface area contributed by atoms with Crippen LogP contribution in [0.3, 0.4) is 0 Å². The summed E-state index contributed by atoms with van der Waals surface area (Å²) in [6.07, 6.45) is 1.63. The van der Waals surface area contributed by atoms with Gasteiger partial charge in [0.25, 0.3) is 5.91 Å². The van der Waals surface area contributed by atoms with E-state index in [-0.39, 0.29) is 31.1 Å². The van der Waals surface area contributed by atoms with Crippen molar-refractivity contribution in [3.8, 4) is 0 Å². The molecule has 0 unspecified atom stereocenters. The monoisotopic (exact) mass is 542 g/mol. The summed E-state index contributed by atoms with van der Waals surface area (Å²) in [5.74, 6) is -0.451. The van der Waals surface area contributed by atoms with Gasteiger partial charge in [0, 0.05) is 49.5 Å². The highest BCUT2D eigenvalue weighted by Crippen LogP contribution is 2.33. The van der Waals surface area contributed by atoms with Crippen LogP contribution in [0.2, 0.25) is 5.02 Å². The number of hydrogen-bond acceptors (Lipinski definition) is 6. The summed E-state index contributed by atoms with van der Waals surface area (Å²) in [7, 11) is 0. The number of ether oxygens (including phenoxy) is 1. The molecule has 2 aliphatic rings. The van der Waals surface area contributed by atoms with Crippen LogP contribution < -0.4 is 5.32 Å². The second-order valence-corrected chi connectivity index (χ2v) is 10.4. The molecule has 37 heavy (non-hydrogen) atoms. The zero-order chi connectivity index (χ0) is 26.5. The summed E-state index contributed by atoms with van der Waals surface area (Å²) in [5.41, 5.74) is 1.69. The molecular formula is C27H31ClN4O4S. The van der Waals surface area contributed by atoms with Gasteiger partial charge in [0.15, 0.2) is 0 Å². The third-order valence-electron chi connectivity index (χ3n) is 6.53. The van der Waals surface area contributed by atoms with Gasteiger partial charge in [0.05, 0.1) is 23.1 Å². The molecule has 10 heteroatoms. The number of esters is 1. The van der Waals surface area contributed by atoms with E-state index in [0.29, 0.717) is 42.5 Å². The van der Waals surface area contributed by atoms with Crippen molar-refractivity contribution < 1.29 is 19.1 Å². The average Bonchev–Trinajstić information content (AvgIpc) is 3.41. The van der Waals surface area contributed by atoms with Crippen LogP contribution in [0.1, 0.15) is 35.1 Å². The van der Waals surface area contributed by atoms with Gasteiger partial charge < -0.3 is 15.0 Å². The predicted octanol–water partition coefficient (Wildman–Crippen LogP) is 4.32. The maximum absolute atomic E-state index is 13.3. The van der Waals surface area contributed by atoms with Crippen molar-refractivity contribution in [2.75, 3.05) is 39.3 Å². The SMILES string of the molecule is C=CCN1C(=O)N[C@H](c2ccc(Cl)cc2)C(C(=O)OCC)=C1CN1CCN(C(=O)c2cccs2)[C@@H](C)C1. The fourth-order valence-electron chi connectivity index (χ4n) is 4.78. The van der Waals surface area contributed by atoms with E-state index in [2.05, 4.69) is 16.8 Å². The minimum Gasteiger partial charge on any atom is -0.463 e. The number of nitrogens with zero attached hydrogens (tertiary/aromatic N) is 3. The lowest BCUT2D eigenvalue weighted by molar-refractivity contribution is -0.139. The summed E-state index contributed by atoms with van der Waals surface area (Å²) in [6.45, 7) is 10.1. The number of rotatable bonds is 8. The van der Waals surface area contributed by atoms with Gasteiger partial charge in [0.1, 0.15) is 0 Å². The summed E-state index contributed by atoms with van der Waals surface area (Å²) < 4.78 is 5.45. The van der Waals surface area contributed by atoms with Gasteiger partial charge in [-0.15, -0.1) is 17.9 Å². The average molecular weight is 543 g/mol. The Hall–Kier alpha value is -3.14. The Balaban J connectivity index is 1.66. The molecule has 0 bridgehead atoms. The zero-order valence-electron chi connectivity index (χ0n) is 21.0. The number of benzene rings is 1. The van der Waals surface area contributed by atoms with Gasteiger partial charge in [-0.3, -0.25) is 14.6 Å². The summed E-state index contributed by atoms with van der Waals surface area (Å²) in [4.78, 5) is 45.8. The van der Waals surface area contributed by atoms with Crippen molar-refractivity contribution in [1.29, 1.82) is 0 Å². The van der Waals surface area contributed by atoms with Crippen LogP contribution in [0, 0.1) is 0 Å². The van der Waals surface area contributed by atoms with Gasteiger partial charge in [-0.1, -0.05) is 35.9 Å². The molecule has 1 aromatic carbocycles. The molecule has 0 aliphatic carbocycles. The quantitative estimate of drug-likeness (QED) is 0.397. The number of piperazine rings is 1. The minimum atomic E-state index is -0.681. The van der Waals surface area contributed by atoms with E-state index in [9.17, 15) is 14.4 Å². The maximum Gasteiger partial charge on any atom is 0.338 e. The molecule has 0 saturated carbocycles. The third-order valence-corrected chi connectivity index (χ3v) is 7.64. The van der Waals surface area contributed by atoms with Gasteiger partial charge >= 0.3 is 12.0 Å². The predicted molar refractivity (Wildman–Crippen MR) is 145 cm³/mol. The van der Waals surface area contributed by atoms with Gasteiger partial charge in [-0.05, 0) is 43.0 Å². The lowest BCUT2D eigenvalue weighted by Crippen LogP contribution is -2.56. The van der Waals surface area contributed by atoms with Crippen molar-refractivity contribution in [2.24, 2.45) is 0 Å². The van der Waals surface area contributed by atoms with Crippen LogP contribution in [-0.2, 0) is 9.53 Å². The molecule has 1 N–H and O–H groups in total. The van der Waals surface area contributed by atoms with E-state index in [4.69, 9.17) is 16.3 Å². The molecule has 2 aliphatic heterocycles. The van der Waals surface area contributed by atoms with Gasteiger partial charge in [-0.2, -0.15) is 0 Å². The molecule has 2 atom stereocenters. The molecule has 2 aromatic rings. The Morgan fingerprint density at radius 2 is 2.00 bits per heavy atom. The molecule has 1 aromatic heterocycles. The largest absolute Gasteiger partial charge is 0.463 e. The molecule has 3 heterocycles. The van der Waals surface area contributed by atoms with Crippen LogP contribution >= 0.6 is 22.9 Å². The Morgan fingerprint density at radius 3 is 2.62 bits per heavy atom. The van der Waals surface area contributed by atoms with Crippen LogP contribution in [0.4, 0.5) is 4.79 Å².